The van der Waals surface area contributed by atoms with Gasteiger partial charge in [0.05, 0.1) is 24.7 Å². The minimum absolute atomic E-state index is 0. The van der Waals surface area contributed by atoms with Crippen molar-refractivity contribution in [2.45, 2.75) is 13.8 Å². The largest absolute Gasteiger partial charge is 0.493 e. The number of hydrogen-bond donors (Lipinski definition) is 2. The van der Waals surface area contributed by atoms with Crippen molar-refractivity contribution in [2.24, 2.45) is 0 Å². The zero-order valence-electron chi connectivity index (χ0n) is 13.4. The highest BCUT2D eigenvalue weighted by Gasteiger charge is 2.24. The maximum Gasteiger partial charge on any atom is 0.286 e. The highest BCUT2D eigenvalue weighted by Crippen LogP contribution is 2.34. The summed E-state index contributed by atoms with van der Waals surface area (Å²) in [4.78, 5) is 22.7. The zero-order chi connectivity index (χ0) is 16.5. The molecule has 9 heteroatoms. The Labute approximate surface area is 141 Å². The number of ether oxygens (including phenoxy) is 2. The molecule has 1 rings (SSSR count). The number of nitro benzene ring substituents is 1. The fraction of sp³-hybridized carbons (Fsp3) is 0.500. The lowest BCUT2D eigenvalue weighted by Crippen LogP contribution is -2.32. The molecule has 0 heterocycles. The van der Waals surface area contributed by atoms with Gasteiger partial charge in [-0.05, 0) is 13.5 Å². The van der Waals surface area contributed by atoms with Crippen molar-refractivity contribution in [1.82, 2.24) is 10.6 Å². The molecule has 1 aromatic rings. The molecule has 1 amide bonds. The molecule has 0 aromatic heterocycles. The van der Waals surface area contributed by atoms with Crippen LogP contribution in [0.4, 0.5) is 5.69 Å². The van der Waals surface area contributed by atoms with E-state index in [2.05, 4.69) is 10.6 Å². The van der Waals surface area contributed by atoms with Crippen LogP contribution in [0.15, 0.2) is 12.1 Å². The molecular weight excluding hydrogens is 326 g/mol. The summed E-state index contributed by atoms with van der Waals surface area (Å²) in [5.74, 6) is -0.00149. The van der Waals surface area contributed by atoms with Crippen molar-refractivity contribution in [3.8, 4) is 11.5 Å². The molecule has 0 saturated carbocycles. The predicted molar refractivity (Wildman–Crippen MR) is 88.9 cm³/mol. The fourth-order valence-corrected chi connectivity index (χ4v) is 1.85. The average molecular weight is 348 g/mol. The molecule has 1 aromatic carbocycles. The molecule has 2 N–H and O–H groups in total. The number of benzene rings is 1. The normalized spacial score (nSPS) is 9.70. The molecule has 0 aliphatic carbocycles. The molecule has 0 bridgehead atoms. The Bertz CT molecular complexity index is 539. The number of carbonyl (C=O) groups excluding carboxylic acids is 1. The van der Waals surface area contributed by atoms with Crippen LogP contribution in [-0.2, 0) is 0 Å². The lowest BCUT2D eigenvalue weighted by atomic mass is 10.1. The molecule has 0 fully saturated rings. The molecule has 130 valence electrons. The number of nitro groups is 1. The Morgan fingerprint density at radius 1 is 1.26 bits per heavy atom. The van der Waals surface area contributed by atoms with Crippen molar-refractivity contribution >= 4 is 24.0 Å². The third-order valence-electron chi connectivity index (χ3n) is 2.86. The molecule has 0 spiro atoms. The number of nitrogens with one attached hydrogen (secondary N) is 2. The number of likely N-dealkylation sites (N-methyl/N-ethyl adjacent to an activating group) is 1. The van der Waals surface area contributed by atoms with Crippen molar-refractivity contribution in [2.75, 3.05) is 33.4 Å². The summed E-state index contributed by atoms with van der Waals surface area (Å²) in [5, 5.41) is 16.8. The van der Waals surface area contributed by atoms with E-state index >= 15 is 0 Å². The SMILES string of the molecule is CCNCCNC(=O)c1cc(OCC)c(OC)cc1[N+](=O)[O-].Cl. The van der Waals surface area contributed by atoms with E-state index in [1.54, 1.807) is 6.92 Å². The van der Waals surface area contributed by atoms with Gasteiger partial charge in [0.2, 0.25) is 0 Å². The highest BCUT2D eigenvalue weighted by molar-refractivity contribution is 5.99. The van der Waals surface area contributed by atoms with Gasteiger partial charge >= 0.3 is 0 Å². The van der Waals surface area contributed by atoms with Crippen LogP contribution in [0.2, 0.25) is 0 Å². The van der Waals surface area contributed by atoms with Gasteiger partial charge < -0.3 is 20.1 Å². The summed E-state index contributed by atoms with van der Waals surface area (Å²) in [6.07, 6.45) is 0. The standard InChI is InChI=1S/C14H21N3O5.ClH/c1-4-15-6-7-16-14(18)10-8-13(22-5-2)12(21-3)9-11(10)17(19)20;/h8-9,15H,4-7H2,1-3H3,(H,16,18);1H. The van der Waals surface area contributed by atoms with Gasteiger partial charge in [0, 0.05) is 19.2 Å². The summed E-state index contributed by atoms with van der Waals surface area (Å²) < 4.78 is 10.4. The van der Waals surface area contributed by atoms with E-state index in [0.717, 1.165) is 6.54 Å². The predicted octanol–water partition coefficient (Wildman–Crippen LogP) is 1.76. The molecule has 23 heavy (non-hydrogen) atoms. The molecule has 0 radical (unpaired) electrons. The van der Waals surface area contributed by atoms with E-state index in [0.29, 0.717) is 25.4 Å². The Morgan fingerprint density at radius 2 is 1.96 bits per heavy atom. The third-order valence-corrected chi connectivity index (χ3v) is 2.86. The van der Waals surface area contributed by atoms with Crippen LogP contribution < -0.4 is 20.1 Å². The van der Waals surface area contributed by atoms with Gasteiger partial charge in [-0.1, -0.05) is 6.92 Å². The second-order valence-electron chi connectivity index (χ2n) is 4.32. The van der Waals surface area contributed by atoms with Crippen LogP contribution in [0.3, 0.4) is 0 Å². The monoisotopic (exact) mass is 347 g/mol. The van der Waals surface area contributed by atoms with Gasteiger partial charge in [0.15, 0.2) is 11.5 Å². The Hall–Kier alpha value is -2.06. The smallest absolute Gasteiger partial charge is 0.286 e. The average Bonchev–Trinajstić information content (AvgIpc) is 2.51. The number of carbonyl (C=O) groups is 1. The molecular formula is C14H22ClN3O5. The van der Waals surface area contributed by atoms with Gasteiger partial charge in [-0.15, -0.1) is 12.4 Å². The summed E-state index contributed by atoms with van der Waals surface area (Å²) in [6.45, 7) is 5.83. The second-order valence-corrected chi connectivity index (χ2v) is 4.32. The van der Waals surface area contributed by atoms with E-state index in [9.17, 15) is 14.9 Å². The number of nitrogens with zero attached hydrogens (tertiary/aromatic N) is 1. The first-order chi connectivity index (χ1) is 10.5. The maximum atomic E-state index is 12.1. The van der Waals surface area contributed by atoms with Crippen molar-refractivity contribution < 1.29 is 19.2 Å². The van der Waals surface area contributed by atoms with E-state index < -0.39 is 10.8 Å². The lowest BCUT2D eigenvalue weighted by molar-refractivity contribution is -0.385. The number of halogens is 1. The van der Waals surface area contributed by atoms with Crippen molar-refractivity contribution in [1.29, 1.82) is 0 Å². The topological polar surface area (TPSA) is 103 Å². The summed E-state index contributed by atoms with van der Waals surface area (Å²) in [6, 6.07) is 2.53. The number of amides is 1. The fourth-order valence-electron chi connectivity index (χ4n) is 1.85. The molecule has 0 saturated heterocycles. The molecule has 0 atom stereocenters. The van der Waals surface area contributed by atoms with E-state index in [-0.39, 0.29) is 29.4 Å². The van der Waals surface area contributed by atoms with Crippen LogP contribution in [0, 0.1) is 10.1 Å². The van der Waals surface area contributed by atoms with Crippen LogP contribution in [-0.4, -0.2) is 44.2 Å². The molecule has 8 nitrogen and oxygen atoms in total. The van der Waals surface area contributed by atoms with E-state index in [1.807, 2.05) is 6.92 Å². The van der Waals surface area contributed by atoms with Crippen LogP contribution in [0.1, 0.15) is 24.2 Å². The second kappa shape index (κ2) is 10.6. The third kappa shape index (κ3) is 5.91. The minimum atomic E-state index is -0.614. The van der Waals surface area contributed by atoms with Crippen LogP contribution in [0.25, 0.3) is 0 Å². The Morgan fingerprint density at radius 3 is 2.48 bits per heavy atom. The molecule has 0 unspecified atom stereocenters. The van der Waals surface area contributed by atoms with E-state index in [4.69, 9.17) is 9.47 Å². The summed E-state index contributed by atoms with van der Waals surface area (Å²) in [7, 11) is 1.39. The lowest BCUT2D eigenvalue weighted by Gasteiger charge is -2.12. The number of methoxy groups -OCH3 is 1. The van der Waals surface area contributed by atoms with Crippen LogP contribution in [0.5, 0.6) is 11.5 Å². The Kier molecular flexibility index (Phi) is 9.68. The minimum Gasteiger partial charge on any atom is -0.493 e. The van der Waals surface area contributed by atoms with E-state index in [1.165, 1.54) is 19.2 Å². The maximum absolute atomic E-state index is 12.1. The van der Waals surface area contributed by atoms with Gasteiger partial charge in [-0.3, -0.25) is 14.9 Å². The Balaban J connectivity index is 0.00000484. The zero-order valence-corrected chi connectivity index (χ0v) is 14.2. The quantitative estimate of drug-likeness (QED) is 0.401. The van der Waals surface area contributed by atoms with Gasteiger partial charge in [0.25, 0.3) is 11.6 Å². The number of rotatable bonds is 9. The van der Waals surface area contributed by atoms with Gasteiger partial charge in [-0.2, -0.15) is 0 Å². The molecule has 0 aliphatic heterocycles. The highest BCUT2D eigenvalue weighted by atomic mass is 35.5. The van der Waals surface area contributed by atoms with Crippen molar-refractivity contribution in [3.05, 3.63) is 27.8 Å². The first kappa shape index (κ1) is 20.9. The van der Waals surface area contributed by atoms with Gasteiger partial charge in [-0.25, -0.2) is 0 Å². The first-order valence-corrected chi connectivity index (χ1v) is 7.03. The summed E-state index contributed by atoms with van der Waals surface area (Å²) in [5.41, 5.74) is -0.369. The number of hydrogen-bond acceptors (Lipinski definition) is 6. The van der Waals surface area contributed by atoms with Crippen LogP contribution >= 0.6 is 12.4 Å². The summed E-state index contributed by atoms with van der Waals surface area (Å²) >= 11 is 0. The van der Waals surface area contributed by atoms with Crippen molar-refractivity contribution in [3.63, 3.8) is 0 Å². The first-order valence-electron chi connectivity index (χ1n) is 7.03. The molecule has 0 aliphatic rings. The van der Waals surface area contributed by atoms with Gasteiger partial charge in [0.1, 0.15) is 5.56 Å².